The van der Waals surface area contributed by atoms with E-state index < -0.39 is 23.9 Å². The van der Waals surface area contributed by atoms with Crippen LogP contribution in [0.5, 0.6) is 0 Å². The van der Waals surface area contributed by atoms with Gasteiger partial charge in [0, 0.05) is 24.3 Å². The summed E-state index contributed by atoms with van der Waals surface area (Å²) in [5, 5.41) is 3.83. The first kappa shape index (κ1) is 17.2. The Morgan fingerprint density at radius 1 is 1.30 bits per heavy atom. The second kappa shape index (κ2) is 6.82. The summed E-state index contributed by atoms with van der Waals surface area (Å²) in [6, 6.07) is 4.11. The Bertz CT molecular complexity index is 974. The molecule has 0 radical (unpaired) electrons. The summed E-state index contributed by atoms with van der Waals surface area (Å²) in [6.07, 6.45) is 3.46. The molecule has 7 nitrogen and oxygen atoms in total. The van der Waals surface area contributed by atoms with Crippen LogP contribution in [0.4, 0.5) is 20.3 Å². The minimum Gasteiger partial charge on any atom is -0.378 e. The fourth-order valence-corrected chi connectivity index (χ4v) is 3.37. The van der Waals surface area contributed by atoms with Crippen LogP contribution in [0.2, 0.25) is 0 Å². The van der Waals surface area contributed by atoms with E-state index in [0.717, 1.165) is 6.20 Å². The zero-order valence-corrected chi connectivity index (χ0v) is 14.3. The van der Waals surface area contributed by atoms with Crippen LogP contribution in [-0.2, 0) is 0 Å². The van der Waals surface area contributed by atoms with E-state index in [2.05, 4.69) is 20.3 Å². The molecule has 4 N–H and O–H groups in total. The predicted octanol–water partition coefficient (Wildman–Crippen LogP) is 2.22. The van der Waals surface area contributed by atoms with Gasteiger partial charge in [-0.1, -0.05) is 0 Å². The van der Waals surface area contributed by atoms with Gasteiger partial charge in [0.1, 0.15) is 23.5 Å². The van der Waals surface area contributed by atoms with Crippen LogP contribution in [0, 0.1) is 5.82 Å². The highest BCUT2D eigenvalue weighted by molar-refractivity contribution is 6.06. The van der Waals surface area contributed by atoms with E-state index in [-0.39, 0.29) is 12.1 Å². The maximum Gasteiger partial charge on any atom is 0.252 e. The van der Waals surface area contributed by atoms with Crippen molar-refractivity contribution in [1.29, 1.82) is 0 Å². The van der Waals surface area contributed by atoms with E-state index in [0.29, 0.717) is 35.5 Å². The van der Waals surface area contributed by atoms with Crippen LogP contribution < -0.4 is 16.0 Å². The fourth-order valence-electron chi connectivity index (χ4n) is 3.37. The van der Waals surface area contributed by atoms with Crippen molar-refractivity contribution in [3.05, 3.63) is 48.2 Å². The molecule has 9 heteroatoms. The Kier molecular flexibility index (Phi) is 4.35. The number of piperidine rings is 1. The third-order valence-corrected chi connectivity index (χ3v) is 4.76. The van der Waals surface area contributed by atoms with Crippen molar-refractivity contribution in [1.82, 2.24) is 15.0 Å². The molecule has 2 unspecified atom stereocenters. The molecule has 1 saturated heterocycles. The standard InChI is InChI=1S/C18H18F2N6O/c19-10-1-2-15(23-7-10)26-6-4-14(13(20)9-26)25-16-11-3-5-22-18(11)24-8-12(16)17(21)27/h1-3,5,7-8,13-14H,4,6,9H2,(H2,21,27)(H2,22,24,25). The number of nitrogens with zero attached hydrogens (tertiary/aromatic N) is 3. The number of H-pyrrole nitrogens is 1. The van der Waals surface area contributed by atoms with Crippen molar-refractivity contribution in [3.8, 4) is 0 Å². The number of hydrogen-bond donors (Lipinski definition) is 3. The number of aromatic nitrogens is 3. The zero-order chi connectivity index (χ0) is 19.0. The highest BCUT2D eigenvalue weighted by Crippen LogP contribution is 2.29. The minimum absolute atomic E-state index is 0.115. The molecule has 27 heavy (non-hydrogen) atoms. The Balaban J connectivity index is 1.55. The molecule has 0 saturated carbocycles. The van der Waals surface area contributed by atoms with Gasteiger partial charge in [0.2, 0.25) is 0 Å². The van der Waals surface area contributed by atoms with Gasteiger partial charge < -0.3 is 20.9 Å². The molecule has 0 spiro atoms. The van der Waals surface area contributed by atoms with E-state index in [4.69, 9.17) is 5.73 Å². The lowest BCUT2D eigenvalue weighted by Crippen LogP contribution is -2.48. The maximum atomic E-state index is 14.9. The third kappa shape index (κ3) is 3.27. The number of amides is 1. The summed E-state index contributed by atoms with van der Waals surface area (Å²) in [6.45, 7) is 0.660. The smallest absolute Gasteiger partial charge is 0.252 e. The average molecular weight is 372 g/mol. The van der Waals surface area contributed by atoms with Gasteiger partial charge in [-0.25, -0.2) is 18.7 Å². The minimum atomic E-state index is -1.21. The molecule has 0 aliphatic carbocycles. The number of primary amides is 1. The molecule has 1 amide bonds. The van der Waals surface area contributed by atoms with Gasteiger partial charge in [-0.3, -0.25) is 4.79 Å². The van der Waals surface area contributed by atoms with Crippen LogP contribution >= 0.6 is 0 Å². The van der Waals surface area contributed by atoms with E-state index in [1.165, 1.54) is 18.3 Å². The van der Waals surface area contributed by atoms with Gasteiger partial charge in [0.15, 0.2) is 0 Å². The Morgan fingerprint density at radius 3 is 2.85 bits per heavy atom. The number of fused-ring (bicyclic) bond motifs is 1. The summed E-state index contributed by atoms with van der Waals surface area (Å²) in [5.41, 5.74) is 6.74. The van der Waals surface area contributed by atoms with Crippen LogP contribution in [0.25, 0.3) is 11.0 Å². The SMILES string of the molecule is NC(=O)c1cnc2[nH]ccc2c1NC1CCN(c2ccc(F)cn2)CC1F. The molecule has 3 aromatic heterocycles. The summed E-state index contributed by atoms with van der Waals surface area (Å²) in [5.74, 6) is -0.525. The lowest BCUT2D eigenvalue weighted by Gasteiger charge is -2.36. The van der Waals surface area contributed by atoms with E-state index >= 15 is 0 Å². The molecular formula is C18H18F2N6O. The number of halogens is 2. The third-order valence-electron chi connectivity index (χ3n) is 4.76. The van der Waals surface area contributed by atoms with Gasteiger partial charge >= 0.3 is 0 Å². The topological polar surface area (TPSA) is 99.9 Å². The van der Waals surface area contributed by atoms with Gasteiger partial charge in [0.05, 0.1) is 30.0 Å². The lowest BCUT2D eigenvalue weighted by molar-refractivity contribution is 0.100. The Morgan fingerprint density at radius 2 is 2.15 bits per heavy atom. The van der Waals surface area contributed by atoms with Gasteiger partial charge in [-0.05, 0) is 24.6 Å². The zero-order valence-electron chi connectivity index (χ0n) is 14.3. The van der Waals surface area contributed by atoms with Crippen LogP contribution in [-0.4, -0.2) is 46.2 Å². The fraction of sp³-hybridized carbons (Fsp3) is 0.278. The van der Waals surface area contributed by atoms with Crippen LogP contribution in [0.15, 0.2) is 36.8 Å². The number of carbonyl (C=O) groups is 1. The van der Waals surface area contributed by atoms with Crippen molar-refractivity contribution in [2.45, 2.75) is 18.6 Å². The molecule has 2 atom stereocenters. The number of hydrogen-bond acceptors (Lipinski definition) is 5. The number of anilines is 2. The number of aromatic amines is 1. The van der Waals surface area contributed by atoms with Crippen molar-refractivity contribution < 1.29 is 13.6 Å². The number of pyridine rings is 2. The van der Waals surface area contributed by atoms with Crippen LogP contribution in [0.3, 0.4) is 0 Å². The normalized spacial score (nSPS) is 20.0. The molecule has 0 bridgehead atoms. The highest BCUT2D eigenvalue weighted by Gasteiger charge is 2.31. The highest BCUT2D eigenvalue weighted by atomic mass is 19.1. The largest absolute Gasteiger partial charge is 0.378 e. The van der Waals surface area contributed by atoms with Gasteiger partial charge in [-0.15, -0.1) is 0 Å². The molecule has 0 aromatic carbocycles. The molecular weight excluding hydrogens is 354 g/mol. The number of nitrogens with one attached hydrogen (secondary N) is 2. The van der Waals surface area contributed by atoms with Gasteiger partial charge in [0.25, 0.3) is 5.91 Å². The van der Waals surface area contributed by atoms with E-state index in [1.54, 1.807) is 17.2 Å². The molecule has 1 aliphatic heterocycles. The quantitative estimate of drug-likeness (QED) is 0.652. The van der Waals surface area contributed by atoms with Gasteiger partial charge in [-0.2, -0.15) is 0 Å². The Hall–Kier alpha value is -3.23. The summed E-state index contributed by atoms with van der Waals surface area (Å²) >= 11 is 0. The number of carbonyl (C=O) groups excluding carboxylic acids is 1. The van der Waals surface area contributed by atoms with Crippen molar-refractivity contribution in [2.24, 2.45) is 5.73 Å². The second-order valence-corrected chi connectivity index (χ2v) is 6.49. The van der Waals surface area contributed by atoms with Crippen LogP contribution in [0.1, 0.15) is 16.8 Å². The van der Waals surface area contributed by atoms with Crippen molar-refractivity contribution in [2.75, 3.05) is 23.3 Å². The first-order valence-corrected chi connectivity index (χ1v) is 8.56. The first-order chi connectivity index (χ1) is 13.0. The molecule has 3 aromatic rings. The van der Waals surface area contributed by atoms with Crippen molar-refractivity contribution in [3.63, 3.8) is 0 Å². The molecule has 4 rings (SSSR count). The predicted molar refractivity (Wildman–Crippen MR) is 97.9 cm³/mol. The average Bonchev–Trinajstić information content (AvgIpc) is 3.13. The maximum absolute atomic E-state index is 14.9. The van der Waals surface area contributed by atoms with E-state index in [9.17, 15) is 13.6 Å². The van der Waals surface area contributed by atoms with E-state index in [1.807, 2.05) is 0 Å². The monoisotopic (exact) mass is 372 g/mol. The number of rotatable bonds is 4. The number of alkyl halides is 1. The molecule has 1 fully saturated rings. The summed E-state index contributed by atoms with van der Waals surface area (Å²) < 4.78 is 27.9. The molecule has 140 valence electrons. The Labute approximate surface area is 153 Å². The lowest BCUT2D eigenvalue weighted by atomic mass is 10.0. The first-order valence-electron chi connectivity index (χ1n) is 8.56. The molecule has 4 heterocycles. The number of nitrogens with two attached hydrogens (primary N) is 1. The van der Waals surface area contributed by atoms with Crippen molar-refractivity contribution >= 4 is 28.4 Å². The second-order valence-electron chi connectivity index (χ2n) is 6.49. The summed E-state index contributed by atoms with van der Waals surface area (Å²) in [4.78, 5) is 24.7. The summed E-state index contributed by atoms with van der Waals surface area (Å²) in [7, 11) is 0. The molecule has 1 aliphatic rings.